The number of rotatable bonds is 6. The third kappa shape index (κ3) is 5.78. The van der Waals surface area contributed by atoms with Gasteiger partial charge >= 0.3 is 11.3 Å². The average Bonchev–Trinajstić information content (AvgIpc) is 2.83. The summed E-state index contributed by atoms with van der Waals surface area (Å²) in [6, 6.07) is 10.0. The van der Waals surface area contributed by atoms with Crippen LogP contribution in [0.5, 0.6) is 0 Å². The number of nitrogens with two attached hydrogens (primary N) is 1. The molecule has 2 unspecified atom stereocenters. The molecule has 0 radical (unpaired) electrons. The van der Waals surface area contributed by atoms with Gasteiger partial charge in [0.15, 0.2) is 6.20 Å². The van der Waals surface area contributed by atoms with E-state index < -0.39 is 11.7 Å². The first-order valence-electron chi connectivity index (χ1n) is 9.45. The third-order valence-corrected chi connectivity index (χ3v) is 6.11. The molecule has 1 fully saturated rings. The predicted octanol–water partition coefficient (Wildman–Crippen LogP) is 3.83. The molecule has 29 heavy (non-hydrogen) atoms. The fourth-order valence-corrected chi connectivity index (χ4v) is 4.53. The fraction of sp³-hybridized carbons (Fsp3) is 0.476. The quantitative estimate of drug-likeness (QED) is 0.690. The Labute approximate surface area is 173 Å². The van der Waals surface area contributed by atoms with Crippen molar-refractivity contribution in [3.05, 3.63) is 53.7 Å². The maximum atomic E-state index is 12.4. The minimum Gasteiger partial charge on any atom is -0.378 e. The molecule has 0 saturated carbocycles. The molecule has 3 rings (SSSR count). The maximum Gasteiger partial charge on any atom is 0.446 e. The molecule has 1 aliphatic heterocycles. The van der Waals surface area contributed by atoms with E-state index in [9.17, 15) is 18.3 Å². The number of benzene rings is 1. The van der Waals surface area contributed by atoms with E-state index in [1.807, 2.05) is 0 Å². The highest BCUT2D eigenvalue weighted by Crippen LogP contribution is 2.40. The van der Waals surface area contributed by atoms with Crippen LogP contribution in [0.2, 0.25) is 0 Å². The summed E-state index contributed by atoms with van der Waals surface area (Å²) in [5.74, 6) is 0.482. The molecule has 2 atom stereocenters. The largest absolute Gasteiger partial charge is 0.446 e. The lowest BCUT2D eigenvalue weighted by molar-refractivity contribution is -0.275. The van der Waals surface area contributed by atoms with Crippen molar-refractivity contribution in [2.75, 3.05) is 5.73 Å². The maximum absolute atomic E-state index is 12.4. The zero-order chi connectivity index (χ0) is 21.2. The van der Waals surface area contributed by atoms with Crippen LogP contribution in [0.3, 0.4) is 0 Å². The molecular formula is C21H25F3N3OS+. The van der Waals surface area contributed by atoms with E-state index in [-0.39, 0.29) is 28.1 Å². The van der Waals surface area contributed by atoms with Crippen molar-refractivity contribution < 1.29 is 23.3 Å². The minimum absolute atomic E-state index is 0.0809. The van der Waals surface area contributed by atoms with Gasteiger partial charge in [-0.05, 0) is 68.1 Å². The van der Waals surface area contributed by atoms with Gasteiger partial charge in [0.25, 0.3) is 0 Å². The van der Waals surface area contributed by atoms with Crippen LogP contribution in [-0.2, 0) is 13.0 Å². The van der Waals surface area contributed by atoms with Crippen LogP contribution in [-0.4, -0.2) is 27.3 Å². The molecule has 0 spiro atoms. The summed E-state index contributed by atoms with van der Waals surface area (Å²) < 4.78 is 37.3. The number of hydrogen-bond donors (Lipinski definition) is 2. The molecule has 1 aromatic carbocycles. The number of nitrogen functional groups attached to an aromatic ring is 1. The number of likely N-dealkylation sites (tertiary alicyclic amines) is 1. The third-order valence-electron chi connectivity index (χ3n) is 5.37. The van der Waals surface area contributed by atoms with Crippen LogP contribution in [0.25, 0.3) is 0 Å². The van der Waals surface area contributed by atoms with E-state index in [1.165, 1.54) is 12.1 Å². The number of alkyl halides is 3. The van der Waals surface area contributed by atoms with Crippen LogP contribution in [0.15, 0.2) is 41.3 Å². The van der Waals surface area contributed by atoms with E-state index in [0.29, 0.717) is 18.8 Å². The summed E-state index contributed by atoms with van der Waals surface area (Å²) in [4.78, 5) is 6.12. The second-order valence-electron chi connectivity index (χ2n) is 8.08. The summed E-state index contributed by atoms with van der Waals surface area (Å²) >= 11 is -0.107. The van der Waals surface area contributed by atoms with Gasteiger partial charge in [0.05, 0.1) is 6.07 Å². The standard InChI is InChI=1S/C21H24F3N3OS/c1-20(2)12-16(19(28)27(20)13-15-9-10-26-18(25)11-15)6-3-14-4-7-17(8-5-14)29-21(22,23)24/h4-5,7-9,11,16,19,25,28H,3,6,12-13H2,1-2H3/p+1. The van der Waals surface area contributed by atoms with Crippen molar-refractivity contribution in [2.24, 2.45) is 5.92 Å². The molecule has 3 N–H and O–H groups in total. The summed E-state index contributed by atoms with van der Waals surface area (Å²) in [6.07, 6.45) is 4.47. The molecule has 0 aliphatic carbocycles. The molecule has 2 heterocycles. The minimum atomic E-state index is -4.28. The SMILES string of the molecule is CC1(C)CC(CCc2ccc(SC(F)(F)F)cc2)C(O)N1Cc1cc#[n+]c(N)c1. The highest BCUT2D eigenvalue weighted by Gasteiger charge is 2.44. The Bertz CT molecular complexity index is 827. The summed E-state index contributed by atoms with van der Waals surface area (Å²) in [6.45, 7) is 4.76. The Morgan fingerprint density at radius 2 is 1.97 bits per heavy atom. The van der Waals surface area contributed by atoms with Crippen LogP contribution in [0.4, 0.5) is 19.0 Å². The number of aromatic nitrogens is 1. The first kappa shape index (κ1) is 21.8. The van der Waals surface area contributed by atoms with Crippen molar-refractivity contribution in [2.45, 2.75) is 61.8 Å². The topological polar surface area (TPSA) is 63.6 Å². The predicted molar refractivity (Wildman–Crippen MR) is 106 cm³/mol. The molecule has 2 aromatic rings. The van der Waals surface area contributed by atoms with E-state index in [4.69, 9.17) is 5.73 Å². The second-order valence-corrected chi connectivity index (χ2v) is 9.22. The van der Waals surface area contributed by atoms with Crippen molar-refractivity contribution in [1.29, 1.82) is 0 Å². The first-order valence-corrected chi connectivity index (χ1v) is 10.3. The van der Waals surface area contributed by atoms with Crippen molar-refractivity contribution in [3.63, 3.8) is 0 Å². The van der Waals surface area contributed by atoms with Gasteiger partial charge in [0.1, 0.15) is 6.23 Å². The number of aliphatic hydroxyl groups is 1. The lowest BCUT2D eigenvalue weighted by atomic mass is 9.91. The first-order chi connectivity index (χ1) is 13.5. The van der Waals surface area contributed by atoms with E-state index in [2.05, 4.69) is 29.9 Å². The molecule has 8 heteroatoms. The number of thioether (sulfide) groups is 1. The van der Waals surface area contributed by atoms with Gasteiger partial charge in [-0.25, -0.2) is 0 Å². The van der Waals surface area contributed by atoms with Gasteiger partial charge in [0.2, 0.25) is 0 Å². The molecule has 1 aromatic heterocycles. The van der Waals surface area contributed by atoms with Crippen LogP contribution in [0, 0.1) is 12.1 Å². The Morgan fingerprint density at radius 3 is 2.59 bits per heavy atom. The van der Waals surface area contributed by atoms with Crippen molar-refractivity contribution >= 4 is 17.6 Å². The summed E-state index contributed by atoms with van der Waals surface area (Å²) in [7, 11) is 0. The monoisotopic (exact) mass is 424 g/mol. The number of aryl methyl sites for hydroxylation is 1. The lowest BCUT2D eigenvalue weighted by Gasteiger charge is -2.33. The Hall–Kier alpha value is -1.95. The van der Waals surface area contributed by atoms with Gasteiger partial charge in [-0.3, -0.25) is 10.6 Å². The normalized spacial score (nSPS) is 21.9. The van der Waals surface area contributed by atoms with E-state index in [0.717, 1.165) is 24.0 Å². The zero-order valence-corrected chi connectivity index (χ0v) is 17.2. The fourth-order valence-electron chi connectivity index (χ4n) is 3.99. The Kier molecular flexibility index (Phi) is 6.32. The van der Waals surface area contributed by atoms with Crippen LogP contribution in [0.1, 0.15) is 37.8 Å². The number of nitrogens with zero attached hydrogens (tertiary/aromatic N) is 2. The van der Waals surface area contributed by atoms with E-state index >= 15 is 0 Å². The molecule has 0 bridgehead atoms. The van der Waals surface area contributed by atoms with Gasteiger partial charge in [-0.15, -0.1) is 0 Å². The number of hydrogen-bond acceptors (Lipinski definition) is 4. The van der Waals surface area contributed by atoms with Crippen molar-refractivity contribution in [1.82, 2.24) is 4.90 Å². The van der Waals surface area contributed by atoms with Gasteiger partial charge < -0.3 is 5.11 Å². The molecular weight excluding hydrogens is 399 g/mol. The van der Waals surface area contributed by atoms with Crippen LogP contribution < -0.4 is 10.7 Å². The van der Waals surface area contributed by atoms with Crippen molar-refractivity contribution in [3.8, 4) is 0 Å². The number of aliphatic hydroxyl groups excluding tert-OH is 1. The van der Waals surface area contributed by atoms with Gasteiger partial charge in [-0.2, -0.15) is 18.2 Å². The average molecular weight is 425 g/mol. The van der Waals surface area contributed by atoms with E-state index in [1.54, 1.807) is 24.3 Å². The lowest BCUT2D eigenvalue weighted by Crippen LogP contribution is -2.42. The highest BCUT2D eigenvalue weighted by molar-refractivity contribution is 8.00. The summed E-state index contributed by atoms with van der Waals surface area (Å²) in [5, 5.41) is 10.9. The molecule has 4 nitrogen and oxygen atoms in total. The summed E-state index contributed by atoms with van der Waals surface area (Å²) in [5.41, 5.74) is 3.19. The molecule has 0 amide bonds. The highest BCUT2D eigenvalue weighted by atomic mass is 32.2. The second kappa shape index (κ2) is 8.42. The van der Waals surface area contributed by atoms with Gasteiger partial charge in [-0.1, -0.05) is 12.1 Å². The van der Waals surface area contributed by atoms with Crippen LogP contribution >= 0.6 is 11.8 Å². The molecule has 1 aliphatic rings. The Balaban J connectivity index is 1.60. The Morgan fingerprint density at radius 1 is 1.28 bits per heavy atom. The smallest absolute Gasteiger partial charge is 0.378 e. The van der Waals surface area contributed by atoms with Gasteiger partial charge in [0, 0.05) is 29.0 Å². The molecule has 156 valence electrons. The number of halogens is 3. The zero-order valence-electron chi connectivity index (χ0n) is 16.4. The molecule has 1 saturated heterocycles. The number of anilines is 1.